The van der Waals surface area contributed by atoms with E-state index < -0.39 is 0 Å². The molecule has 0 aliphatic rings. The minimum atomic E-state index is -0.359. The summed E-state index contributed by atoms with van der Waals surface area (Å²) >= 11 is 0. The van der Waals surface area contributed by atoms with E-state index in [1.54, 1.807) is 30.5 Å². The Labute approximate surface area is 114 Å². The lowest BCUT2D eigenvalue weighted by atomic mass is 10.1. The third kappa shape index (κ3) is 2.25. The van der Waals surface area contributed by atoms with E-state index in [9.17, 15) is 8.78 Å². The molecule has 0 atom stereocenters. The average molecular weight is 271 g/mol. The molecule has 5 heteroatoms. The van der Waals surface area contributed by atoms with Crippen molar-refractivity contribution in [3.63, 3.8) is 0 Å². The van der Waals surface area contributed by atoms with Crippen LogP contribution in [0.3, 0.4) is 0 Å². The van der Waals surface area contributed by atoms with Crippen molar-refractivity contribution in [2.75, 3.05) is 5.73 Å². The van der Waals surface area contributed by atoms with Gasteiger partial charge in [0.1, 0.15) is 17.3 Å². The highest BCUT2D eigenvalue weighted by Crippen LogP contribution is 2.26. The first kappa shape index (κ1) is 12.3. The number of benzene rings is 2. The summed E-state index contributed by atoms with van der Waals surface area (Å²) in [6.45, 7) is 0. The summed E-state index contributed by atoms with van der Waals surface area (Å²) in [6, 6.07) is 12.0. The second-order valence-corrected chi connectivity index (χ2v) is 4.37. The molecule has 100 valence electrons. The number of halogens is 2. The van der Waals surface area contributed by atoms with Crippen LogP contribution in [0.2, 0.25) is 0 Å². The molecule has 0 fully saturated rings. The Hall–Kier alpha value is -2.69. The molecule has 3 rings (SSSR count). The number of hydrogen-bond donors (Lipinski definition) is 1. The minimum Gasteiger partial charge on any atom is -0.396 e. The molecule has 0 bridgehead atoms. The van der Waals surface area contributed by atoms with E-state index >= 15 is 0 Å². The normalized spacial score (nSPS) is 10.7. The second kappa shape index (κ2) is 4.77. The molecular formula is C15H11F2N3. The molecule has 0 saturated carbocycles. The molecule has 0 amide bonds. The first-order valence-electron chi connectivity index (χ1n) is 6.00. The van der Waals surface area contributed by atoms with Crippen LogP contribution < -0.4 is 5.73 Å². The van der Waals surface area contributed by atoms with Crippen molar-refractivity contribution in [2.24, 2.45) is 0 Å². The van der Waals surface area contributed by atoms with Gasteiger partial charge in [-0.3, -0.25) is 0 Å². The van der Waals surface area contributed by atoms with Gasteiger partial charge in [0, 0.05) is 5.56 Å². The van der Waals surface area contributed by atoms with Crippen LogP contribution >= 0.6 is 0 Å². The molecule has 3 nitrogen and oxygen atoms in total. The smallest absolute Gasteiger partial charge is 0.125 e. The highest BCUT2D eigenvalue weighted by molar-refractivity contribution is 5.72. The largest absolute Gasteiger partial charge is 0.396 e. The van der Waals surface area contributed by atoms with Gasteiger partial charge in [-0.15, -0.1) is 0 Å². The van der Waals surface area contributed by atoms with Crippen molar-refractivity contribution in [2.45, 2.75) is 0 Å². The van der Waals surface area contributed by atoms with E-state index in [2.05, 4.69) is 5.10 Å². The summed E-state index contributed by atoms with van der Waals surface area (Å²) in [7, 11) is 0. The van der Waals surface area contributed by atoms with Gasteiger partial charge in [-0.1, -0.05) is 18.2 Å². The Morgan fingerprint density at radius 1 is 0.950 bits per heavy atom. The van der Waals surface area contributed by atoms with Gasteiger partial charge >= 0.3 is 0 Å². The fraction of sp³-hybridized carbons (Fsp3) is 0. The number of nitrogen functional groups attached to an aromatic ring is 1. The summed E-state index contributed by atoms with van der Waals surface area (Å²) in [5.74, 6) is -0.717. The van der Waals surface area contributed by atoms with Crippen molar-refractivity contribution in [1.82, 2.24) is 9.78 Å². The van der Waals surface area contributed by atoms with Crippen LogP contribution in [0.4, 0.5) is 14.5 Å². The van der Waals surface area contributed by atoms with Crippen molar-refractivity contribution in [3.05, 3.63) is 66.4 Å². The predicted molar refractivity (Wildman–Crippen MR) is 73.3 cm³/mol. The van der Waals surface area contributed by atoms with Crippen LogP contribution in [0, 0.1) is 11.6 Å². The van der Waals surface area contributed by atoms with E-state index in [4.69, 9.17) is 5.73 Å². The second-order valence-electron chi connectivity index (χ2n) is 4.37. The molecule has 1 heterocycles. The maximum atomic E-state index is 13.2. The first-order chi connectivity index (χ1) is 9.63. The van der Waals surface area contributed by atoms with E-state index in [-0.39, 0.29) is 11.6 Å². The van der Waals surface area contributed by atoms with E-state index in [0.717, 1.165) is 0 Å². The van der Waals surface area contributed by atoms with Gasteiger partial charge in [-0.05, 0) is 30.3 Å². The van der Waals surface area contributed by atoms with Gasteiger partial charge in [-0.25, -0.2) is 13.5 Å². The summed E-state index contributed by atoms with van der Waals surface area (Å²) in [4.78, 5) is 0. The zero-order chi connectivity index (χ0) is 14.1. The zero-order valence-electron chi connectivity index (χ0n) is 10.4. The van der Waals surface area contributed by atoms with Gasteiger partial charge in [0.05, 0.1) is 17.6 Å². The number of aromatic nitrogens is 2. The maximum Gasteiger partial charge on any atom is 0.125 e. The Kier molecular flexibility index (Phi) is 2.95. The zero-order valence-corrected chi connectivity index (χ0v) is 10.4. The van der Waals surface area contributed by atoms with Crippen LogP contribution in [0.15, 0.2) is 54.7 Å². The number of rotatable bonds is 2. The molecule has 0 radical (unpaired) electrons. The van der Waals surface area contributed by atoms with Gasteiger partial charge in [0.2, 0.25) is 0 Å². The minimum absolute atomic E-state index is 0.358. The molecule has 3 aromatic rings. The molecule has 1 aromatic heterocycles. The third-order valence-electron chi connectivity index (χ3n) is 2.91. The van der Waals surface area contributed by atoms with Crippen LogP contribution in [-0.4, -0.2) is 9.78 Å². The topological polar surface area (TPSA) is 43.8 Å². The number of anilines is 1. The maximum absolute atomic E-state index is 13.2. The number of nitrogens with zero attached hydrogens (tertiary/aromatic N) is 2. The lowest BCUT2D eigenvalue weighted by Crippen LogP contribution is -1.95. The molecule has 2 aromatic carbocycles. The average Bonchev–Trinajstić information content (AvgIpc) is 2.81. The van der Waals surface area contributed by atoms with Crippen molar-refractivity contribution in [3.8, 4) is 16.9 Å². The quantitative estimate of drug-likeness (QED) is 0.776. The van der Waals surface area contributed by atoms with Crippen LogP contribution in [0.5, 0.6) is 0 Å². The molecule has 2 N–H and O–H groups in total. The Morgan fingerprint density at radius 2 is 1.65 bits per heavy atom. The number of nitrogens with two attached hydrogens (primary N) is 1. The number of hydrogen-bond acceptors (Lipinski definition) is 2. The summed E-state index contributed by atoms with van der Waals surface area (Å²) in [5.41, 5.74) is 7.90. The van der Waals surface area contributed by atoms with Crippen molar-refractivity contribution >= 4 is 5.69 Å². The lowest BCUT2D eigenvalue weighted by Gasteiger charge is -2.01. The Morgan fingerprint density at radius 3 is 2.35 bits per heavy atom. The first-order valence-corrected chi connectivity index (χ1v) is 6.00. The van der Waals surface area contributed by atoms with Crippen LogP contribution in [0.1, 0.15) is 0 Å². The van der Waals surface area contributed by atoms with Crippen molar-refractivity contribution in [1.29, 1.82) is 0 Å². The van der Waals surface area contributed by atoms with Crippen molar-refractivity contribution < 1.29 is 8.78 Å². The molecule has 0 saturated heterocycles. The summed E-state index contributed by atoms with van der Waals surface area (Å²) in [6.07, 6.45) is 1.58. The van der Waals surface area contributed by atoms with E-state index in [1.807, 2.05) is 0 Å². The molecule has 20 heavy (non-hydrogen) atoms. The summed E-state index contributed by atoms with van der Waals surface area (Å²) in [5, 5.41) is 4.29. The standard InChI is InChI=1S/C15H11F2N3/c16-11-4-1-3-10(7-11)15-14(18)9-20(19-15)13-6-2-5-12(17)8-13/h1-9H,18H2. The van der Waals surface area contributed by atoms with Gasteiger partial charge in [0.15, 0.2) is 0 Å². The lowest BCUT2D eigenvalue weighted by molar-refractivity contribution is 0.625. The van der Waals surface area contributed by atoms with E-state index in [0.29, 0.717) is 22.6 Å². The Bertz CT molecular complexity index is 765. The highest BCUT2D eigenvalue weighted by Gasteiger charge is 2.10. The fourth-order valence-electron chi connectivity index (χ4n) is 2.00. The fourth-order valence-corrected chi connectivity index (χ4v) is 2.00. The predicted octanol–water partition coefficient (Wildman–Crippen LogP) is 3.40. The SMILES string of the molecule is Nc1cn(-c2cccc(F)c2)nc1-c1cccc(F)c1. The van der Waals surface area contributed by atoms with Crippen LogP contribution in [-0.2, 0) is 0 Å². The van der Waals surface area contributed by atoms with Gasteiger partial charge in [-0.2, -0.15) is 5.10 Å². The Balaban J connectivity index is 2.08. The van der Waals surface area contributed by atoms with Gasteiger partial charge in [0.25, 0.3) is 0 Å². The molecular weight excluding hydrogens is 260 g/mol. The molecule has 0 aliphatic carbocycles. The van der Waals surface area contributed by atoms with E-state index in [1.165, 1.54) is 28.9 Å². The van der Waals surface area contributed by atoms with Gasteiger partial charge < -0.3 is 5.73 Å². The molecule has 0 unspecified atom stereocenters. The summed E-state index contributed by atoms with van der Waals surface area (Å²) < 4.78 is 27.9. The molecule has 0 spiro atoms. The van der Waals surface area contributed by atoms with Crippen LogP contribution in [0.25, 0.3) is 16.9 Å². The monoisotopic (exact) mass is 271 g/mol. The third-order valence-corrected chi connectivity index (χ3v) is 2.91. The highest BCUT2D eigenvalue weighted by atomic mass is 19.1. The molecule has 0 aliphatic heterocycles.